The molecule has 13 N–H and O–H groups in total. The summed E-state index contributed by atoms with van der Waals surface area (Å²) in [5.41, 5.74) is 4.55. The largest absolute Gasteiger partial charge is 0.542 e. The van der Waals surface area contributed by atoms with Crippen molar-refractivity contribution in [3.05, 3.63) is 293 Å². The number of aromatic hydroxyl groups is 1. The summed E-state index contributed by atoms with van der Waals surface area (Å²) in [5.74, 6) is -8.17. The number of alkyl halides is 3. The molecule has 0 fully saturated rings. The average molecular weight is 1930 g/mol. The number of carbonyl (C=O) groups is 9. The molecule has 0 aliphatic rings. The summed E-state index contributed by atoms with van der Waals surface area (Å²) in [7, 11) is 6.62. The van der Waals surface area contributed by atoms with Gasteiger partial charge in [0.1, 0.15) is 69.1 Å². The standard InChI is InChI=1S/C27H31BN4O8S.C22H24N4O7S.C14H13BN2O5.C14H15BN2O3.C10H9NO2.C2HF3O2/c1-27(2,3)40-25(35)22(31-41(37,38)20-8-5-4-6-9-20)16-30-23(33)21-13-11-18-10-12-19(17-32(18)24(21)34)39-15-7-14-29-26(28)36;23-11-4-12-33-16-9-7-15-8-10-18(21(28)26(15)14-16)20(27)24-13-19(22(29)30)25-34(31,32)17-5-2-1-3-6-17;15-14(21)16-6-1-7-22-10-4-2-9-3-5-11(13(19)20)12(18)17(9)8-10;1-10-3-4-11-5-6-12(9-17(11)13(10)18)20-8-2-7-16-14(15)19;1-7-2-3-8-4-5-9(12)6-11(8)10(7)13;3-2(4,5)1(6)7/h4-6,8-13,17,22,31H,7,14-16H2,1-3H3,(H,29,36)(H,30,33);1-3,5-10,14,19,25H,4,11-13,23H2,(H,24,27)(H,29,30);2-5,8H,1,6-7H2,(H,16,21)(H,19,20);3-6,9H,2,7-8H2,1H3,(H,16,19);2-6,12H,1H3;(H,6,7)/t22-;19-;;;;/m00..../s1. The van der Waals surface area contributed by atoms with Crippen LogP contribution in [0.4, 0.5) is 27.6 Å². The normalized spacial score (nSPS) is 11.5. The van der Waals surface area contributed by atoms with Gasteiger partial charge in [0, 0.05) is 77.9 Å². The van der Waals surface area contributed by atoms with Gasteiger partial charge in [0.15, 0.2) is 41.0 Å². The number of amides is 5. The van der Waals surface area contributed by atoms with Crippen LogP contribution in [0, 0.1) is 13.8 Å². The van der Waals surface area contributed by atoms with E-state index in [1.807, 2.05) is 29.0 Å². The van der Waals surface area contributed by atoms with Crippen molar-refractivity contribution >= 4 is 124 Å². The van der Waals surface area contributed by atoms with Gasteiger partial charge < -0.3 is 81.2 Å². The van der Waals surface area contributed by atoms with Gasteiger partial charge in [-0.3, -0.25) is 79.5 Å². The minimum atomic E-state index is -5.19. The molecule has 0 saturated heterocycles. The number of aliphatic carboxylic acids is 2. The quantitative estimate of drug-likeness (QED) is 0.0156. The summed E-state index contributed by atoms with van der Waals surface area (Å²) in [6.45, 7) is 10.6. The van der Waals surface area contributed by atoms with Crippen molar-refractivity contribution in [1.29, 1.82) is 0 Å². The number of esters is 1. The smallest absolute Gasteiger partial charge is 0.430 e. The Labute approximate surface area is 782 Å². The number of nitrogens with one attached hydrogen (secondary N) is 7. The van der Waals surface area contributed by atoms with E-state index in [2.05, 4.69) is 37.0 Å². The summed E-state index contributed by atoms with van der Waals surface area (Å²) in [6, 6.07) is 44.3. The molecule has 2 aromatic carbocycles. The number of carboxylic acid groups (broad SMARTS) is 3. The summed E-state index contributed by atoms with van der Waals surface area (Å²) < 4.78 is 121. The Hall–Kier alpha value is -15.4. The van der Waals surface area contributed by atoms with Crippen LogP contribution in [-0.4, -0.2) is 220 Å². The third-order valence-electron chi connectivity index (χ3n) is 18.4. The van der Waals surface area contributed by atoms with Crippen LogP contribution in [0.25, 0.3) is 27.6 Å². The van der Waals surface area contributed by atoms with Crippen molar-refractivity contribution in [2.45, 2.75) is 94.0 Å². The molecule has 12 aromatic rings. The Bertz CT molecular complexity index is 6910. The number of pyridine rings is 10. The molecule has 10 aromatic heterocycles. The predicted molar refractivity (Wildman–Crippen MR) is 492 cm³/mol. The zero-order valence-corrected chi connectivity index (χ0v) is 75.7. The molecule has 40 nitrogen and oxygen atoms in total. The van der Waals surface area contributed by atoms with Gasteiger partial charge in [-0.05, 0) is 187 Å². The van der Waals surface area contributed by atoms with E-state index in [9.17, 15) is 103 Å². The molecule has 0 spiro atoms. The zero-order chi connectivity index (χ0) is 101. The molecule has 10 heterocycles. The lowest BCUT2D eigenvalue weighted by atomic mass is 10.1. The van der Waals surface area contributed by atoms with Crippen molar-refractivity contribution in [1.82, 2.24) is 58.0 Å². The number of hydrogen-bond donors (Lipinski definition) is 11. The second kappa shape index (κ2) is 51.2. The van der Waals surface area contributed by atoms with Crippen molar-refractivity contribution in [3.63, 3.8) is 0 Å². The number of carbonyl (C=O) groups excluding carboxylic acids is 7. The molecule has 0 unspecified atom stereocenters. The summed E-state index contributed by atoms with van der Waals surface area (Å²) in [6.07, 6.45) is 4.63. The molecule has 5 amide bonds. The second-order valence-corrected chi connectivity index (χ2v) is 33.4. The van der Waals surface area contributed by atoms with Crippen LogP contribution in [0.1, 0.15) is 88.7 Å². The molecule has 0 aliphatic heterocycles. The lowest BCUT2D eigenvalue weighted by Gasteiger charge is -2.24. The van der Waals surface area contributed by atoms with Crippen molar-refractivity contribution in [3.8, 4) is 28.7 Å². The van der Waals surface area contributed by atoms with Crippen LogP contribution in [0.15, 0.2) is 247 Å². The highest BCUT2D eigenvalue weighted by Crippen LogP contribution is 2.21. The molecular weight excluding hydrogens is 1840 g/mol. The number of fused-ring (bicyclic) bond motifs is 5. The molecule has 0 bridgehead atoms. The Balaban J connectivity index is 0.000000239. The Morgan fingerprint density at radius 3 is 1.05 bits per heavy atom. The SMILES string of the molecule is Cc1ccc2ccc(O)cn2c1=O.O=C([O-])C(F)(F)F.[B]C(=O)NCCCOc1ccc2ccc(C(=O)NC[C@H](NS(=O)(=O)c3ccccc3)C(=O)OC(C)(C)C)c(=O)n2c1.[B]C(=O)NCCCOc1ccc2ccc(C(=O)O)c(=O)n2c1.[B]C(=O)NCCCOc1ccc2ccc(C)c(=O)n2c1.[NH3+]CCCOc1ccc2ccc(C(=O)NC[C@H](NS(=O)(=O)c3ccccc3)C(=O)O)c(=O)n2c1. The van der Waals surface area contributed by atoms with Gasteiger partial charge >= 0.3 is 24.1 Å². The molecule has 12 rings (SSSR count). The van der Waals surface area contributed by atoms with Crippen LogP contribution in [0.3, 0.4) is 0 Å². The number of nitrogens with zero attached hydrogens (tertiary/aromatic N) is 5. The number of ether oxygens (including phenoxy) is 5. The minimum absolute atomic E-state index is 0.0525. The third kappa shape index (κ3) is 34.2. The number of aromatic nitrogens is 5. The first kappa shape index (κ1) is 109. The fourth-order valence-electron chi connectivity index (χ4n) is 11.7. The number of aryl methyl sites for hydroxylation is 2. The fourth-order valence-corrected chi connectivity index (χ4v) is 14.1. The summed E-state index contributed by atoms with van der Waals surface area (Å²) >= 11 is 0. The fraction of sp³-hybridized carbons (Fsp3) is 0.258. The van der Waals surface area contributed by atoms with Crippen LogP contribution in [0.2, 0.25) is 0 Å². The molecule has 718 valence electrons. The number of benzene rings is 2. The number of hydrogen-bond acceptors (Lipinski definition) is 25. The van der Waals surface area contributed by atoms with E-state index < -0.39 is 127 Å². The summed E-state index contributed by atoms with van der Waals surface area (Å²) in [5, 5.41) is 48.5. The Kier molecular flexibility index (Phi) is 40.6. The first-order valence-electron chi connectivity index (χ1n) is 41.2. The zero-order valence-electron chi connectivity index (χ0n) is 74.0. The van der Waals surface area contributed by atoms with Crippen LogP contribution in [0.5, 0.6) is 28.7 Å². The van der Waals surface area contributed by atoms with E-state index in [1.165, 1.54) is 109 Å². The predicted octanol–water partition coefficient (Wildman–Crippen LogP) is 3.35. The maximum Gasteiger partial charge on any atom is 0.430 e. The molecule has 6 radical (unpaired) electrons. The Morgan fingerprint density at radius 1 is 0.423 bits per heavy atom. The van der Waals surface area contributed by atoms with Crippen LogP contribution in [-0.2, 0) is 39.2 Å². The van der Waals surface area contributed by atoms with E-state index >= 15 is 0 Å². The average Bonchev–Trinajstić information content (AvgIpc) is 0.792. The van der Waals surface area contributed by atoms with Gasteiger partial charge in [0.05, 0.1) is 73.7 Å². The van der Waals surface area contributed by atoms with E-state index in [-0.39, 0.29) is 50.0 Å². The number of halogens is 3. The number of aromatic carboxylic acids is 1. The Morgan fingerprint density at radius 2 is 0.723 bits per heavy atom. The number of sulfonamides is 2. The maximum atomic E-state index is 13.1. The number of quaternary nitrogens is 1. The minimum Gasteiger partial charge on any atom is -0.542 e. The topological polar surface area (TPSA) is 571 Å². The lowest BCUT2D eigenvalue weighted by Crippen LogP contribution is -2.50. The van der Waals surface area contributed by atoms with Gasteiger partial charge in [0.25, 0.3) is 39.6 Å². The van der Waals surface area contributed by atoms with E-state index in [1.54, 1.807) is 136 Å². The highest BCUT2D eigenvalue weighted by Gasteiger charge is 2.33. The molecular formula is C89H93B3F3N13O27S2. The molecule has 137 heavy (non-hydrogen) atoms. The van der Waals surface area contributed by atoms with Gasteiger partial charge in [-0.1, -0.05) is 48.5 Å². The van der Waals surface area contributed by atoms with E-state index in [4.69, 9.17) is 62.2 Å². The monoisotopic (exact) mass is 1930 g/mol. The molecule has 0 aliphatic carbocycles. The van der Waals surface area contributed by atoms with Crippen molar-refractivity contribution in [2.24, 2.45) is 0 Å². The van der Waals surface area contributed by atoms with Gasteiger partial charge in [-0.15, -0.1) is 0 Å². The first-order valence-corrected chi connectivity index (χ1v) is 44.1. The maximum absolute atomic E-state index is 13.1. The first-order chi connectivity index (χ1) is 64.7. The van der Waals surface area contributed by atoms with E-state index in [0.717, 1.165) is 17.5 Å². The van der Waals surface area contributed by atoms with Crippen LogP contribution >= 0.6 is 0 Å². The second-order valence-electron chi connectivity index (χ2n) is 30.0. The molecule has 0 saturated carbocycles. The number of rotatable bonds is 34. The van der Waals surface area contributed by atoms with E-state index in [0.29, 0.717) is 116 Å². The van der Waals surface area contributed by atoms with Gasteiger partial charge in [-0.2, -0.15) is 22.6 Å². The summed E-state index contributed by atoms with van der Waals surface area (Å²) in [4.78, 5) is 163. The molecule has 48 heteroatoms. The highest BCUT2D eigenvalue weighted by molar-refractivity contribution is 7.89. The third-order valence-corrected chi connectivity index (χ3v) is 21.4. The number of carboxylic acids is 3. The van der Waals surface area contributed by atoms with Crippen LogP contribution < -0.4 is 93.6 Å². The van der Waals surface area contributed by atoms with Crippen molar-refractivity contribution in [2.75, 3.05) is 65.7 Å². The van der Waals surface area contributed by atoms with Gasteiger partial charge in [0.2, 0.25) is 20.0 Å². The molecule has 2 atom stereocenters. The lowest BCUT2D eigenvalue weighted by molar-refractivity contribution is -0.368. The highest BCUT2D eigenvalue weighted by atomic mass is 32.2. The van der Waals surface area contributed by atoms with Gasteiger partial charge in [-0.25, -0.2) is 21.6 Å². The van der Waals surface area contributed by atoms with Crippen molar-refractivity contribution < 1.29 is 123 Å².